The molecule has 0 aliphatic carbocycles. The fourth-order valence-corrected chi connectivity index (χ4v) is 1.15. The number of carbonyl (C=O) groups is 1. The molecule has 2 N–H and O–H groups in total. The number of hydrogen-bond donors (Lipinski definition) is 2. The van der Waals surface area contributed by atoms with Gasteiger partial charge in [-0.25, -0.2) is 9.78 Å². The molecule has 2 heterocycles. The number of aromatic nitrogens is 3. The van der Waals surface area contributed by atoms with Gasteiger partial charge >= 0.3 is 5.97 Å². The maximum absolute atomic E-state index is 10.3. The minimum absolute atomic E-state index is 0.581. The van der Waals surface area contributed by atoms with Crippen LogP contribution in [0.1, 0.15) is 5.69 Å². The maximum Gasteiger partial charge on any atom is 0.328 e. The van der Waals surface area contributed by atoms with Gasteiger partial charge in [-0.05, 0) is 18.2 Å². The lowest BCUT2D eigenvalue weighted by Gasteiger charge is -1.86. The number of H-pyrrole nitrogens is 1. The van der Waals surface area contributed by atoms with Crippen LogP contribution in [0.3, 0.4) is 0 Å². The second kappa shape index (κ2) is 3.29. The molecule has 70 valence electrons. The van der Waals surface area contributed by atoms with E-state index < -0.39 is 5.97 Å². The van der Waals surface area contributed by atoms with Crippen molar-refractivity contribution in [1.29, 1.82) is 0 Å². The molecule has 0 saturated heterocycles. The smallest absolute Gasteiger partial charge is 0.328 e. The SMILES string of the molecule is O=C(O)C=Cc1[nH]nc2ncccc12. The van der Waals surface area contributed by atoms with Crippen molar-refractivity contribution in [2.45, 2.75) is 0 Å². The standard InChI is InChI=1S/C9H7N3O2/c13-8(14)4-3-7-6-2-1-5-10-9(6)12-11-7/h1-5H,(H,13,14)(H,10,11,12). The minimum atomic E-state index is -0.989. The molecule has 0 atom stereocenters. The Bertz CT molecular complexity index is 501. The zero-order valence-corrected chi connectivity index (χ0v) is 7.14. The molecule has 5 nitrogen and oxygen atoms in total. The Labute approximate surface area is 79.1 Å². The van der Waals surface area contributed by atoms with Gasteiger partial charge in [0.15, 0.2) is 5.65 Å². The van der Waals surface area contributed by atoms with E-state index in [4.69, 9.17) is 5.11 Å². The first kappa shape index (κ1) is 8.43. The highest BCUT2D eigenvalue weighted by molar-refractivity contribution is 5.90. The molecule has 0 spiro atoms. The molecule has 0 radical (unpaired) electrons. The monoisotopic (exact) mass is 189 g/mol. The van der Waals surface area contributed by atoms with Crippen molar-refractivity contribution in [1.82, 2.24) is 15.2 Å². The molecule has 0 aromatic carbocycles. The number of carboxylic acids is 1. The van der Waals surface area contributed by atoms with E-state index in [0.717, 1.165) is 11.5 Å². The molecule has 14 heavy (non-hydrogen) atoms. The zero-order valence-electron chi connectivity index (χ0n) is 7.14. The van der Waals surface area contributed by atoms with E-state index in [1.165, 1.54) is 6.08 Å². The van der Waals surface area contributed by atoms with Crippen molar-refractivity contribution in [2.24, 2.45) is 0 Å². The summed E-state index contributed by atoms with van der Waals surface area (Å²) in [6.45, 7) is 0. The third-order valence-corrected chi connectivity index (χ3v) is 1.75. The largest absolute Gasteiger partial charge is 0.478 e. The summed E-state index contributed by atoms with van der Waals surface area (Å²) in [5.41, 5.74) is 1.23. The number of nitrogens with zero attached hydrogens (tertiary/aromatic N) is 2. The second-order valence-electron chi connectivity index (χ2n) is 2.68. The van der Waals surface area contributed by atoms with Crippen LogP contribution >= 0.6 is 0 Å². The molecule has 2 aromatic heterocycles. The first-order valence-electron chi connectivity index (χ1n) is 3.97. The van der Waals surface area contributed by atoms with Crippen LogP contribution in [-0.4, -0.2) is 26.3 Å². The Morgan fingerprint density at radius 3 is 3.21 bits per heavy atom. The van der Waals surface area contributed by atoms with Gasteiger partial charge in [0.2, 0.25) is 0 Å². The van der Waals surface area contributed by atoms with Crippen molar-refractivity contribution in [3.63, 3.8) is 0 Å². The van der Waals surface area contributed by atoms with Crippen LogP contribution in [0.15, 0.2) is 24.4 Å². The minimum Gasteiger partial charge on any atom is -0.478 e. The topological polar surface area (TPSA) is 78.9 Å². The van der Waals surface area contributed by atoms with E-state index in [9.17, 15) is 4.79 Å². The van der Waals surface area contributed by atoms with Crippen LogP contribution < -0.4 is 0 Å². The van der Waals surface area contributed by atoms with Crippen LogP contribution in [0.25, 0.3) is 17.1 Å². The van der Waals surface area contributed by atoms with Gasteiger partial charge in [0, 0.05) is 17.7 Å². The number of rotatable bonds is 2. The summed E-state index contributed by atoms with van der Waals surface area (Å²) in [4.78, 5) is 14.3. The lowest BCUT2D eigenvalue weighted by Crippen LogP contribution is -1.85. The van der Waals surface area contributed by atoms with Gasteiger partial charge in [0.05, 0.1) is 5.69 Å². The van der Waals surface area contributed by atoms with E-state index in [-0.39, 0.29) is 0 Å². The van der Waals surface area contributed by atoms with Crippen molar-refractivity contribution in [3.8, 4) is 0 Å². The summed E-state index contributed by atoms with van der Waals surface area (Å²) in [5.74, 6) is -0.989. The third-order valence-electron chi connectivity index (χ3n) is 1.75. The average Bonchev–Trinajstić information content (AvgIpc) is 2.58. The van der Waals surface area contributed by atoms with Gasteiger partial charge < -0.3 is 5.11 Å². The molecule has 2 aromatic rings. The van der Waals surface area contributed by atoms with Gasteiger partial charge in [-0.2, -0.15) is 5.10 Å². The number of pyridine rings is 1. The molecule has 0 aliphatic rings. The highest BCUT2D eigenvalue weighted by Crippen LogP contribution is 2.13. The predicted molar refractivity (Wildman–Crippen MR) is 50.6 cm³/mol. The number of hydrogen-bond acceptors (Lipinski definition) is 3. The normalized spacial score (nSPS) is 11.1. The molecule has 5 heteroatoms. The first-order chi connectivity index (χ1) is 6.77. The van der Waals surface area contributed by atoms with Crippen LogP contribution in [-0.2, 0) is 4.79 Å². The third kappa shape index (κ3) is 1.47. The lowest BCUT2D eigenvalue weighted by molar-refractivity contribution is -0.131. The molecule has 0 unspecified atom stereocenters. The highest BCUT2D eigenvalue weighted by atomic mass is 16.4. The number of aromatic amines is 1. The van der Waals surface area contributed by atoms with Gasteiger partial charge in [-0.3, -0.25) is 5.10 Å². The number of carboxylic acid groups (broad SMARTS) is 1. The lowest BCUT2D eigenvalue weighted by atomic mass is 10.2. The van der Waals surface area contributed by atoms with Crippen LogP contribution in [0.2, 0.25) is 0 Å². The number of fused-ring (bicyclic) bond motifs is 1. The predicted octanol–water partition coefficient (Wildman–Crippen LogP) is 1.06. The van der Waals surface area contributed by atoms with Crippen molar-refractivity contribution < 1.29 is 9.90 Å². The maximum atomic E-state index is 10.3. The van der Waals surface area contributed by atoms with Gasteiger partial charge in [0.1, 0.15) is 0 Å². The van der Waals surface area contributed by atoms with Gasteiger partial charge in [-0.1, -0.05) is 0 Å². The van der Waals surface area contributed by atoms with Crippen molar-refractivity contribution in [3.05, 3.63) is 30.1 Å². The average molecular weight is 189 g/mol. The zero-order chi connectivity index (χ0) is 9.97. The summed E-state index contributed by atoms with van der Waals surface area (Å²) >= 11 is 0. The molecule has 0 saturated carbocycles. The summed E-state index contributed by atoms with van der Waals surface area (Å²) in [7, 11) is 0. The molecule has 2 rings (SSSR count). The Morgan fingerprint density at radius 2 is 2.43 bits per heavy atom. The summed E-state index contributed by atoms with van der Waals surface area (Å²) < 4.78 is 0. The van der Waals surface area contributed by atoms with E-state index in [1.807, 2.05) is 6.07 Å². The van der Waals surface area contributed by atoms with Gasteiger partial charge in [-0.15, -0.1) is 0 Å². The molecular weight excluding hydrogens is 182 g/mol. The Hall–Kier alpha value is -2.17. The van der Waals surface area contributed by atoms with Crippen molar-refractivity contribution >= 4 is 23.1 Å². The van der Waals surface area contributed by atoms with Crippen LogP contribution in [0.4, 0.5) is 0 Å². The summed E-state index contributed by atoms with van der Waals surface area (Å²) in [6, 6.07) is 3.60. The second-order valence-corrected chi connectivity index (χ2v) is 2.68. The molecule has 0 aliphatic heterocycles. The van der Waals surface area contributed by atoms with E-state index in [1.54, 1.807) is 12.3 Å². The van der Waals surface area contributed by atoms with Crippen LogP contribution in [0, 0.1) is 0 Å². The fourth-order valence-electron chi connectivity index (χ4n) is 1.15. The highest BCUT2D eigenvalue weighted by Gasteiger charge is 2.01. The number of nitrogens with one attached hydrogen (secondary N) is 1. The molecular formula is C9H7N3O2. The fraction of sp³-hybridized carbons (Fsp3) is 0. The summed E-state index contributed by atoms with van der Waals surface area (Å²) in [6.07, 6.45) is 4.15. The Balaban J connectivity index is 2.48. The van der Waals surface area contributed by atoms with Gasteiger partial charge in [0.25, 0.3) is 0 Å². The summed E-state index contributed by atoms with van der Waals surface area (Å²) in [5, 5.41) is 15.9. The van der Waals surface area contributed by atoms with Crippen LogP contribution in [0.5, 0.6) is 0 Å². The Morgan fingerprint density at radius 1 is 1.57 bits per heavy atom. The Kier molecular flexibility index (Phi) is 1.98. The molecule has 0 fully saturated rings. The van der Waals surface area contributed by atoms with E-state index >= 15 is 0 Å². The number of aliphatic carboxylic acids is 1. The van der Waals surface area contributed by atoms with Crippen molar-refractivity contribution in [2.75, 3.05) is 0 Å². The van der Waals surface area contributed by atoms with E-state index in [2.05, 4.69) is 15.2 Å². The quantitative estimate of drug-likeness (QED) is 0.692. The van der Waals surface area contributed by atoms with E-state index in [0.29, 0.717) is 11.3 Å². The molecule has 0 bridgehead atoms. The first-order valence-corrected chi connectivity index (χ1v) is 3.97. The molecule has 0 amide bonds.